The van der Waals surface area contributed by atoms with Crippen LogP contribution in [0.4, 0.5) is 0 Å². The summed E-state index contributed by atoms with van der Waals surface area (Å²) < 4.78 is 30.3. The van der Waals surface area contributed by atoms with Crippen LogP contribution in [0.15, 0.2) is 47.1 Å². The fraction of sp³-hybridized carbons (Fsp3) is 0.316. The van der Waals surface area contributed by atoms with Crippen LogP contribution in [0.3, 0.4) is 0 Å². The molecule has 0 unspecified atom stereocenters. The Morgan fingerprint density at radius 2 is 1.81 bits per heavy atom. The Labute approximate surface area is 152 Å². The second kappa shape index (κ2) is 6.41. The number of furan rings is 1. The van der Waals surface area contributed by atoms with Gasteiger partial charge < -0.3 is 9.32 Å². The Bertz CT molecular complexity index is 1080. The first-order chi connectivity index (χ1) is 12.4. The molecule has 136 valence electrons. The first-order valence-electron chi connectivity index (χ1n) is 8.54. The van der Waals surface area contributed by atoms with Gasteiger partial charge in [0.1, 0.15) is 5.58 Å². The number of rotatable bonds is 3. The molecule has 0 atom stereocenters. The van der Waals surface area contributed by atoms with Crippen molar-refractivity contribution < 1.29 is 17.6 Å². The van der Waals surface area contributed by atoms with E-state index in [9.17, 15) is 13.2 Å². The molecule has 1 saturated heterocycles. The first kappa shape index (κ1) is 17.1. The third-order valence-electron chi connectivity index (χ3n) is 4.94. The van der Waals surface area contributed by atoms with E-state index >= 15 is 0 Å². The van der Waals surface area contributed by atoms with Gasteiger partial charge in [0.15, 0.2) is 0 Å². The Morgan fingerprint density at radius 3 is 2.54 bits per heavy atom. The van der Waals surface area contributed by atoms with Crippen LogP contribution in [0.2, 0.25) is 0 Å². The molecule has 0 spiro atoms. The van der Waals surface area contributed by atoms with Gasteiger partial charge in [-0.3, -0.25) is 4.79 Å². The van der Waals surface area contributed by atoms with Crippen LogP contribution in [0.5, 0.6) is 0 Å². The van der Waals surface area contributed by atoms with Gasteiger partial charge in [0.05, 0.1) is 18.9 Å². The van der Waals surface area contributed by atoms with Crippen molar-refractivity contribution in [1.29, 1.82) is 0 Å². The Morgan fingerprint density at radius 1 is 1.08 bits per heavy atom. The maximum Gasteiger partial charge on any atom is 0.227 e. The van der Waals surface area contributed by atoms with Crippen molar-refractivity contribution in [3.8, 4) is 0 Å². The number of hydrogen-bond acceptors (Lipinski definition) is 4. The molecule has 1 amide bonds. The molecule has 1 fully saturated rings. The molecule has 2 heterocycles. The second-order valence-corrected chi connectivity index (χ2v) is 8.62. The number of amides is 1. The lowest BCUT2D eigenvalue weighted by atomic mass is 10.0. The predicted octanol–water partition coefficient (Wildman–Crippen LogP) is 2.23. The summed E-state index contributed by atoms with van der Waals surface area (Å²) in [4.78, 5) is 14.4. The predicted molar refractivity (Wildman–Crippen MR) is 100 cm³/mol. The molecule has 0 saturated carbocycles. The number of piperazine rings is 1. The average Bonchev–Trinajstić information content (AvgIpc) is 3.04. The molecule has 1 aromatic heterocycles. The third kappa shape index (κ3) is 3.08. The lowest BCUT2D eigenvalue weighted by Gasteiger charge is -2.33. The normalized spacial score (nSPS) is 16.4. The molecule has 0 radical (unpaired) electrons. The standard InChI is InChI=1S/C19H20N2O4S/c1-26(23,24)21-10-8-20(9-11-21)18(22)12-15-13-25-17-7-6-14-4-2-3-5-16(14)19(15)17/h2-7,13H,8-12H2,1H3. The zero-order valence-corrected chi connectivity index (χ0v) is 15.3. The summed E-state index contributed by atoms with van der Waals surface area (Å²) in [6, 6.07) is 12.0. The molecule has 2 aromatic carbocycles. The SMILES string of the molecule is CS(=O)(=O)N1CCN(C(=O)Cc2coc3ccc4ccccc4c23)CC1. The first-order valence-corrected chi connectivity index (χ1v) is 10.4. The topological polar surface area (TPSA) is 70.8 Å². The Balaban J connectivity index is 1.56. The van der Waals surface area contributed by atoms with Gasteiger partial charge in [-0.2, -0.15) is 4.31 Å². The molecule has 4 rings (SSSR count). The van der Waals surface area contributed by atoms with Crippen molar-refractivity contribution in [2.75, 3.05) is 32.4 Å². The highest BCUT2D eigenvalue weighted by atomic mass is 32.2. The molecule has 6 nitrogen and oxygen atoms in total. The molecule has 3 aromatic rings. The van der Waals surface area contributed by atoms with Crippen LogP contribution in [0.1, 0.15) is 5.56 Å². The van der Waals surface area contributed by atoms with E-state index in [4.69, 9.17) is 4.42 Å². The molecular formula is C19H20N2O4S. The van der Waals surface area contributed by atoms with E-state index in [2.05, 4.69) is 0 Å². The molecule has 26 heavy (non-hydrogen) atoms. The highest BCUT2D eigenvalue weighted by Crippen LogP contribution is 2.30. The lowest BCUT2D eigenvalue weighted by Crippen LogP contribution is -2.50. The largest absolute Gasteiger partial charge is 0.464 e. The van der Waals surface area contributed by atoms with E-state index in [1.807, 2.05) is 36.4 Å². The van der Waals surface area contributed by atoms with Crippen molar-refractivity contribution in [2.24, 2.45) is 0 Å². The number of hydrogen-bond donors (Lipinski definition) is 0. The maximum atomic E-state index is 12.7. The van der Waals surface area contributed by atoms with Crippen LogP contribution in [-0.2, 0) is 21.2 Å². The molecule has 0 bridgehead atoms. The minimum Gasteiger partial charge on any atom is -0.464 e. The van der Waals surface area contributed by atoms with Gasteiger partial charge in [-0.25, -0.2) is 8.42 Å². The van der Waals surface area contributed by atoms with Crippen molar-refractivity contribution in [3.63, 3.8) is 0 Å². The zero-order chi connectivity index (χ0) is 18.3. The van der Waals surface area contributed by atoms with Gasteiger partial charge >= 0.3 is 0 Å². The monoisotopic (exact) mass is 372 g/mol. The summed E-state index contributed by atoms with van der Waals surface area (Å²) in [6.45, 7) is 1.53. The van der Waals surface area contributed by atoms with E-state index in [1.54, 1.807) is 11.2 Å². The summed E-state index contributed by atoms with van der Waals surface area (Å²) >= 11 is 0. The number of nitrogens with zero attached hydrogens (tertiary/aromatic N) is 2. The van der Waals surface area contributed by atoms with Gasteiger partial charge in [-0.05, 0) is 16.8 Å². The van der Waals surface area contributed by atoms with E-state index in [0.29, 0.717) is 26.2 Å². The van der Waals surface area contributed by atoms with E-state index in [-0.39, 0.29) is 12.3 Å². The maximum absolute atomic E-state index is 12.7. The lowest BCUT2D eigenvalue weighted by molar-refractivity contribution is -0.131. The van der Waals surface area contributed by atoms with Gasteiger partial charge in [-0.1, -0.05) is 30.3 Å². The number of carbonyl (C=O) groups is 1. The number of carbonyl (C=O) groups excluding carboxylic acids is 1. The van der Waals surface area contributed by atoms with Crippen molar-refractivity contribution in [2.45, 2.75) is 6.42 Å². The van der Waals surface area contributed by atoms with Gasteiger partial charge in [0, 0.05) is 37.1 Å². The van der Waals surface area contributed by atoms with Gasteiger partial charge in [0.25, 0.3) is 0 Å². The van der Waals surface area contributed by atoms with Crippen LogP contribution < -0.4 is 0 Å². The van der Waals surface area contributed by atoms with Gasteiger partial charge in [0.2, 0.25) is 15.9 Å². The fourth-order valence-corrected chi connectivity index (χ4v) is 4.38. The molecule has 0 aliphatic carbocycles. The summed E-state index contributed by atoms with van der Waals surface area (Å²) in [5, 5.41) is 3.16. The summed E-state index contributed by atoms with van der Waals surface area (Å²) in [6.07, 6.45) is 3.11. The van der Waals surface area contributed by atoms with Crippen LogP contribution in [0.25, 0.3) is 21.7 Å². The summed E-state index contributed by atoms with van der Waals surface area (Å²) in [5.74, 6) is -0.00575. The third-order valence-corrected chi connectivity index (χ3v) is 6.25. The molecule has 0 N–H and O–H groups in total. The summed E-state index contributed by atoms with van der Waals surface area (Å²) in [5.41, 5.74) is 1.64. The number of fused-ring (bicyclic) bond motifs is 3. The summed E-state index contributed by atoms with van der Waals surface area (Å²) in [7, 11) is -3.20. The Hall–Kier alpha value is -2.38. The minimum atomic E-state index is -3.20. The molecule has 7 heteroatoms. The molecule has 1 aliphatic rings. The van der Waals surface area contributed by atoms with Crippen LogP contribution >= 0.6 is 0 Å². The zero-order valence-electron chi connectivity index (χ0n) is 14.5. The van der Waals surface area contributed by atoms with Crippen molar-refractivity contribution in [3.05, 3.63) is 48.2 Å². The number of sulfonamides is 1. The highest BCUT2D eigenvalue weighted by Gasteiger charge is 2.26. The molecule has 1 aliphatic heterocycles. The van der Waals surface area contributed by atoms with E-state index in [1.165, 1.54) is 10.6 Å². The van der Waals surface area contributed by atoms with E-state index in [0.717, 1.165) is 27.3 Å². The average molecular weight is 372 g/mol. The highest BCUT2D eigenvalue weighted by molar-refractivity contribution is 7.88. The Kier molecular flexibility index (Phi) is 4.20. The minimum absolute atomic E-state index is 0.00575. The van der Waals surface area contributed by atoms with Crippen molar-refractivity contribution in [1.82, 2.24) is 9.21 Å². The van der Waals surface area contributed by atoms with E-state index < -0.39 is 10.0 Å². The fourth-order valence-electron chi connectivity index (χ4n) is 3.55. The number of benzene rings is 2. The molecular weight excluding hydrogens is 352 g/mol. The van der Waals surface area contributed by atoms with Crippen LogP contribution in [-0.4, -0.2) is 56.0 Å². The quantitative estimate of drug-likeness (QED) is 0.707. The van der Waals surface area contributed by atoms with Crippen LogP contribution in [0, 0.1) is 0 Å². The van der Waals surface area contributed by atoms with Crippen molar-refractivity contribution >= 4 is 37.7 Å². The second-order valence-electron chi connectivity index (χ2n) is 6.64. The smallest absolute Gasteiger partial charge is 0.227 e. The van der Waals surface area contributed by atoms with Gasteiger partial charge in [-0.15, -0.1) is 0 Å².